The van der Waals surface area contributed by atoms with E-state index in [1.165, 1.54) is 54.1 Å². The fraction of sp³-hybridized carbons (Fsp3) is 0. The molecule has 12 aromatic rings. The number of ether oxygens (including phenoxy) is 1. The van der Waals surface area contributed by atoms with Gasteiger partial charge in [0.25, 0.3) is 0 Å². The third-order valence-electron chi connectivity index (χ3n) is 12.1. The maximum Gasteiger partial charge on any atom is 0.152 e. The van der Waals surface area contributed by atoms with Gasteiger partial charge in [0.1, 0.15) is 11.2 Å². The lowest BCUT2D eigenvalue weighted by molar-refractivity contribution is 0.477. The SMILES string of the molecule is c1ccc2c(c1)Oc1cc(-c3ccc4c(c3)c3ccccc3n4-c3ccc4c5ccccc5c5ccccc5c4c3)ccc1N2c1ccc2oc3ccccc3c2c1. The fourth-order valence-corrected chi connectivity index (χ4v) is 9.53. The van der Waals surface area contributed by atoms with E-state index in [0.29, 0.717) is 0 Å². The first-order valence-electron chi connectivity index (χ1n) is 19.7. The lowest BCUT2D eigenvalue weighted by atomic mass is 9.94. The monoisotopic (exact) mass is 740 g/mol. The van der Waals surface area contributed by atoms with E-state index in [-0.39, 0.29) is 0 Å². The number of furan rings is 1. The van der Waals surface area contributed by atoms with Crippen molar-refractivity contribution >= 4 is 93.1 Å². The fourth-order valence-electron chi connectivity index (χ4n) is 9.53. The molecule has 0 saturated carbocycles. The van der Waals surface area contributed by atoms with Gasteiger partial charge in [-0.15, -0.1) is 0 Å². The molecule has 0 atom stereocenters. The van der Waals surface area contributed by atoms with E-state index in [0.717, 1.165) is 67.3 Å². The van der Waals surface area contributed by atoms with Crippen molar-refractivity contribution in [3.8, 4) is 28.3 Å². The second-order valence-electron chi connectivity index (χ2n) is 15.3. The van der Waals surface area contributed by atoms with Gasteiger partial charge in [0.05, 0.1) is 22.4 Å². The number of benzene rings is 10. The molecule has 0 radical (unpaired) electrons. The van der Waals surface area contributed by atoms with E-state index >= 15 is 0 Å². The summed E-state index contributed by atoms with van der Waals surface area (Å²) in [6.07, 6.45) is 0. The van der Waals surface area contributed by atoms with Crippen molar-refractivity contribution in [2.24, 2.45) is 0 Å². The average Bonchev–Trinajstić information content (AvgIpc) is 3.83. The minimum atomic E-state index is 0.812. The van der Waals surface area contributed by atoms with Crippen LogP contribution in [0.3, 0.4) is 0 Å². The van der Waals surface area contributed by atoms with Crippen molar-refractivity contribution in [3.63, 3.8) is 0 Å². The molecule has 0 amide bonds. The molecule has 4 nitrogen and oxygen atoms in total. The van der Waals surface area contributed by atoms with Crippen LogP contribution in [0.25, 0.3) is 92.9 Å². The molecule has 0 aliphatic carbocycles. The number of para-hydroxylation sites is 4. The average molecular weight is 741 g/mol. The van der Waals surface area contributed by atoms with Crippen LogP contribution in [0.15, 0.2) is 199 Å². The predicted molar refractivity (Wildman–Crippen MR) is 241 cm³/mol. The van der Waals surface area contributed by atoms with Crippen molar-refractivity contribution in [3.05, 3.63) is 194 Å². The van der Waals surface area contributed by atoms with E-state index in [4.69, 9.17) is 9.15 Å². The topological polar surface area (TPSA) is 30.5 Å². The van der Waals surface area contributed by atoms with Crippen LogP contribution in [0.1, 0.15) is 0 Å². The summed E-state index contributed by atoms with van der Waals surface area (Å²) in [5, 5.41) is 12.3. The highest BCUT2D eigenvalue weighted by atomic mass is 16.5. The van der Waals surface area contributed by atoms with Crippen molar-refractivity contribution < 1.29 is 9.15 Å². The second kappa shape index (κ2) is 11.8. The number of hydrogen-bond donors (Lipinski definition) is 0. The number of fused-ring (bicyclic) bond motifs is 14. The lowest BCUT2D eigenvalue weighted by Crippen LogP contribution is -2.15. The molecule has 10 aromatic carbocycles. The Bertz CT molecular complexity index is 3650. The molecule has 0 fully saturated rings. The smallest absolute Gasteiger partial charge is 0.152 e. The minimum absolute atomic E-state index is 0.812. The van der Waals surface area contributed by atoms with Gasteiger partial charge in [-0.2, -0.15) is 0 Å². The van der Waals surface area contributed by atoms with Gasteiger partial charge < -0.3 is 18.6 Å². The first-order valence-corrected chi connectivity index (χ1v) is 19.7. The molecule has 0 spiro atoms. The van der Waals surface area contributed by atoms with Gasteiger partial charge in [-0.1, -0.05) is 115 Å². The molecule has 13 rings (SSSR count). The molecule has 4 heteroatoms. The molecule has 270 valence electrons. The van der Waals surface area contributed by atoms with E-state index in [1.54, 1.807) is 0 Å². The summed E-state index contributed by atoms with van der Waals surface area (Å²) >= 11 is 0. The van der Waals surface area contributed by atoms with Gasteiger partial charge in [0.2, 0.25) is 0 Å². The molecule has 0 unspecified atom stereocenters. The number of nitrogens with zero attached hydrogens (tertiary/aromatic N) is 2. The van der Waals surface area contributed by atoms with E-state index < -0.39 is 0 Å². The van der Waals surface area contributed by atoms with Crippen LogP contribution in [-0.2, 0) is 0 Å². The summed E-state index contributed by atoms with van der Waals surface area (Å²) < 4.78 is 15.3. The highest BCUT2D eigenvalue weighted by molar-refractivity contribution is 6.25. The summed E-state index contributed by atoms with van der Waals surface area (Å²) in [5.74, 6) is 1.63. The van der Waals surface area contributed by atoms with Crippen LogP contribution < -0.4 is 9.64 Å². The summed E-state index contributed by atoms with van der Waals surface area (Å²) in [4.78, 5) is 2.30. The van der Waals surface area contributed by atoms with Gasteiger partial charge in [-0.25, -0.2) is 0 Å². The molecule has 58 heavy (non-hydrogen) atoms. The Morgan fingerprint density at radius 1 is 0.310 bits per heavy atom. The van der Waals surface area contributed by atoms with Crippen LogP contribution >= 0.6 is 0 Å². The first kappa shape index (κ1) is 31.4. The summed E-state index contributed by atoms with van der Waals surface area (Å²) in [6, 6.07) is 69.6. The number of hydrogen-bond acceptors (Lipinski definition) is 3. The Kier molecular flexibility index (Phi) is 6.41. The maximum atomic E-state index is 6.68. The molecular formula is C54H32N2O2. The minimum Gasteiger partial charge on any atom is -0.456 e. The third kappa shape index (κ3) is 4.45. The highest BCUT2D eigenvalue weighted by Crippen LogP contribution is 2.52. The van der Waals surface area contributed by atoms with Crippen molar-refractivity contribution in [1.29, 1.82) is 0 Å². The standard InChI is InChI=1S/C54H32N2O2/c1-2-13-39-37(11-1)38-12-3-4-14-40(38)44-31-35(23-25-41(39)44)55-47-17-7-5-15-42(47)45-29-33(21-26-48(45)55)34-22-27-50-54(30-34)58-53-20-10-8-18-49(53)56(50)36-24-28-52-46(32-36)43-16-6-9-19-51(43)57-52/h1-32H. The Morgan fingerprint density at radius 2 is 0.879 bits per heavy atom. The zero-order valence-corrected chi connectivity index (χ0v) is 31.2. The van der Waals surface area contributed by atoms with Crippen molar-refractivity contribution in [2.45, 2.75) is 0 Å². The van der Waals surface area contributed by atoms with Crippen molar-refractivity contribution in [2.75, 3.05) is 4.90 Å². The summed E-state index contributed by atoms with van der Waals surface area (Å²) in [7, 11) is 0. The molecule has 0 N–H and O–H groups in total. The van der Waals surface area contributed by atoms with Crippen LogP contribution in [0, 0.1) is 0 Å². The highest BCUT2D eigenvalue weighted by Gasteiger charge is 2.27. The Labute approximate surface area is 333 Å². The first-order chi connectivity index (χ1) is 28.7. The van der Waals surface area contributed by atoms with Gasteiger partial charge in [0.15, 0.2) is 11.5 Å². The zero-order chi connectivity index (χ0) is 37.9. The number of aromatic nitrogens is 1. The van der Waals surface area contributed by atoms with Gasteiger partial charge >= 0.3 is 0 Å². The molecule has 1 aliphatic heterocycles. The number of anilines is 3. The quantitative estimate of drug-likeness (QED) is 0.169. The Hall–Kier alpha value is -7.82. The van der Waals surface area contributed by atoms with Crippen molar-refractivity contribution in [1.82, 2.24) is 4.57 Å². The van der Waals surface area contributed by atoms with Crippen LogP contribution in [-0.4, -0.2) is 4.57 Å². The van der Waals surface area contributed by atoms with Crippen LogP contribution in [0.2, 0.25) is 0 Å². The summed E-state index contributed by atoms with van der Waals surface area (Å²) in [6.45, 7) is 0. The van der Waals surface area contributed by atoms with Crippen LogP contribution in [0.5, 0.6) is 11.5 Å². The van der Waals surface area contributed by atoms with E-state index in [2.05, 4.69) is 179 Å². The van der Waals surface area contributed by atoms with E-state index in [9.17, 15) is 0 Å². The summed E-state index contributed by atoms with van der Waals surface area (Å²) in [5.41, 5.74) is 10.5. The van der Waals surface area contributed by atoms with Gasteiger partial charge in [-0.3, -0.25) is 0 Å². The zero-order valence-electron chi connectivity index (χ0n) is 31.2. The number of rotatable bonds is 3. The lowest BCUT2D eigenvalue weighted by Gasteiger charge is -2.33. The molecule has 0 bridgehead atoms. The predicted octanol–water partition coefficient (Wildman–Crippen LogP) is 15.4. The van der Waals surface area contributed by atoms with Crippen LogP contribution in [0.4, 0.5) is 17.1 Å². The largest absolute Gasteiger partial charge is 0.456 e. The molecule has 0 saturated heterocycles. The molecule has 3 heterocycles. The molecule has 1 aliphatic rings. The molecular weight excluding hydrogens is 709 g/mol. The van der Waals surface area contributed by atoms with E-state index in [1.807, 2.05) is 24.3 Å². The van der Waals surface area contributed by atoms with Gasteiger partial charge in [0, 0.05) is 32.9 Å². The Morgan fingerprint density at radius 3 is 1.71 bits per heavy atom. The normalized spacial score (nSPS) is 12.6. The third-order valence-corrected chi connectivity index (χ3v) is 12.1. The second-order valence-corrected chi connectivity index (χ2v) is 15.3. The maximum absolute atomic E-state index is 6.68. The van der Waals surface area contributed by atoms with Gasteiger partial charge in [-0.05, 0) is 122 Å². The molecule has 2 aromatic heterocycles. The Balaban J connectivity index is 0.955.